The fourth-order valence-corrected chi connectivity index (χ4v) is 3.40. The van der Waals surface area contributed by atoms with Gasteiger partial charge < -0.3 is 4.90 Å². The lowest BCUT2D eigenvalue weighted by atomic mass is 10.3. The molecule has 1 fully saturated rings. The van der Waals surface area contributed by atoms with Gasteiger partial charge in [0.05, 0.1) is 4.71 Å². The van der Waals surface area contributed by atoms with Gasteiger partial charge in [-0.05, 0) is 33.6 Å². The highest BCUT2D eigenvalue weighted by Crippen LogP contribution is 2.25. The average molecular weight is 330 g/mol. The third-order valence-electron chi connectivity index (χ3n) is 3.57. The predicted molar refractivity (Wildman–Crippen MR) is 85.0 cm³/mol. The van der Waals surface area contributed by atoms with Crippen molar-refractivity contribution in [2.75, 3.05) is 13.1 Å². The topological polar surface area (TPSA) is 55.2 Å². The summed E-state index contributed by atoms with van der Waals surface area (Å²) in [5, 5.41) is 0.643. The number of thioether (sulfide) groups is 1. The summed E-state index contributed by atoms with van der Waals surface area (Å²) >= 11 is 7.30. The molecule has 2 rings (SSSR count). The largest absolute Gasteiger partial charge is 0.341 e. The van der Waals surface area contributed by atoms with Crippen LogP contribution in [-0.2, 0) is 11.3 Å². The van der Waals surface area contributed by atoms with Crippen LogP contribution in [0.1, 0.15) is 31.2 Å². The van der Waals surface area contributed by atoms with Gasteiger partial charge in [0.2, 0.25) is 5.91 Å². The van der Waals surface area contributed by atoms with Gasteiger partial charge in [-0.2, -0.15) is 0 Å². The molecule has 0 aromatic carbocycles. The van der Waals surface area contributed by atoms with Gasteiger partial charge >= 0.3 is 0 Å². The van der Waals surface area contributed by atoms with Crippen molar-refractivity contribution in [3.05, 3.63) is 21.7 Å². The van der Waals surface area contributed by atoms with Gasteiger partial charge in [-0.25, -0.2) is 4.98 Å². The van der Waals surface area contributed by atoms with Crippen LogP contribution in [0.5, 0.6) is 0 Å². The molecule has 1 amide bonds. The second-order valence-corrected chi connectivity index (χ2v) is 7.47. The van der Waals surface area contributed by atoms with Crippen molar-refractivity contribution in [2.45, 2.75) is 49.9 Å². The average Bonchev–Trinajstić information content (AvgIpc) is 2.94. The predicted octanol–water partition coefficient (Wildman–Crippen LogP) is 2.16. The molecule has 1 aromatic heterocycles. The zero-order chi connectivity index (χ0) is 15.6. The second kappa shape index (κ2) is 6.83. The molecule has 0 bridgehead atoms. The summed E-state index contributed by atoms with van der Waals surface area (Å²) < 4.78 is 1.30. The number of amides is 1. The van der Waals surface area contributed by atoms with Crippen LogP contribution in [0.4, 0.5) is 0 Å². The Labute approximate surface area is 133 Å². The van der Waals surface area contributed by atoms with Gasteiger partial charge in [0.25, 0.3) is 5.56 Å². The fraction of sp³-hybridized carbons (Fsp3) is 0.643. The summed E-state index contributed by atoms with van der Waals surface area (Å²) in [6, 6.07) is 0. The number of hydrogen-bond acceptors (Lipinski definition) is 4. The number of likely N-dealkylation sites (tertiary alicyclic amines) is 1. The van der Waals surface area contributed by atoms with Crippen LogP contribution in [-0.4, -0.2) is 38.2 Å². The normalized spacial score (nSPS) is 16.3. The van der Waals surface area contributed by atoms with E-state index in [4.69, 9.17) is 11.6 Å². The Balaban J connectivity index is 2.26. The SMILES string of the molecule is Cc1c(SC(C)Cl)nc(C)n(CC(=O)N2CCCC2)c1=O. The van der Waals surface area contributed by atoms with Crippen molar-refractivity contribution in [3.8, 4) is 0 Å². The lowest BCUT2D eigenvalue weighted by Crippen LogP contribution is -2.36. The van der Waals surface area contributed by atoms with Crippen molar-refractivity contribution < 1.29 is 4.79 Å². The highest BCUT2D eigenvalue weighted by atomic mass is 35.5. The molecule has 1 aliphatic heterocycles. The Morgan fingerprint density at radius 2 is 2.00 bits per heavy atom. The van der Waals surface area contributed by atoms with Crippen molar-refractivity contribution in [1.82, 2.24) is 14.5 Å². The van der Waals surface area contributed by atoms with Gasteiger partial charge in [0.15, 0.2) is 0 Å². The van der Waals surface area contributed by atoms with E-state index >= 15 is 0 Å². The number of carbonyl (C=O) groups excluding carboxylic acids is 1. The zero-order valence-electron chi connectivity index (χ0n) is 12.6. The van der Waals surface area contributed by atoms with Crippen LogP contribution in [0.25, 0.3) is 0 Å². The smallest absolute Gasteiger partial charge is 0.258 e. The molecule has 21 heavy (non-hydrogen) atoms. The van der Waals surface area contributed by atoms with E-state index in [-0.39, 0.29) is 22.7 Å². The van der Waals surface area contributed by atoms with E-state index in [0.29, 0.717) is 16.4 Å². The minimum absolute atomic E-state index is 0.00925. The summed E-state index contributed by atoms with van der Waals surface area (Å²) in [5.74, 6) is 0.544. The van der Waals surface area contributed by atoms with Crippen molar-refractivity contribution in [1.29, 1.82) is 0 Å². The molecule has 1 aromatic rings. The third-order valence-corrected chi connectivity index (χ3v) is 4.78. The maximum atomic E-state index is 12.4. The molecule has 0 saturated carbocycles. The van der Waals surface area contributed by atoms with Crippen LogP contribution >= 0.6 is 23.4 Å². The third kappa shape index (κ3) is 3.80. The highest BCUT2D eigenvalue weighted by Gasteiger charge is 2.21. The molecule has 0 N–H and O–H groups in total. The summed E-state index contributed by atoms with van der Waals surface area (Å²) in [6.07, 6.45) is 2.08. The molecule has 1 saturated heterocycles. The first-order chi connectivity index (χ1) is 9.90. The number of carbonyl (C=O) groups is 1. The van der Waals surface area contributed by atoms with E-state index in [1.165, 1.54) is 16.3 Å². The van der Waals surface area contributed by atoms with Crippen LogP contribution < -0.4 is 5.56 Å². The molecule has 1 unspecified atom stereocenters. The molecule has 5 nitrogen and oxygen atoms in total. The van der Waals surface area contributed by atoms with Gasteiger partial charge in [0.1, 0.15) is 17.4 Å². The van der Waals surface area contributed by atoms with E-state index in [9.17, 15) is 9.59 Å². The van der Waals surface area contributed by atoms with Gasteiger partial charge in [-0.3, -0.25) is 14.2 Å². The molecule has 2 heterocycles. The van der Waals surface area contributed by atoms with Crippen LogP contribution in [0.3, 0.4) is 0 Å². The Hall–Kier alpha value is -1.01. The molecule has 0 spiro atoms. The maximum absolute atomic E-state index is 12.4. The van der Waals surface area contributed by atoms with E-state index in [1.807, 2.05) is 11.8 Å². The van der Waals surface area contributed by atoms with Gasteiger partial charge in [-0.15, -0.1) is 11.6 Å². The van der Waals surface area contributed by atoms with Crippen molar-refractivity contribution in [3.63, 3.8) is 0 Å². The number of aromatic nitrogens is 2. The Kier molecular flexibility index (Phi) is 5.32. The van der Waals surface area contributed by atoms with E-state index < -0.39 is 0 Å². The van der Waals surface area contributed by atoms with Crippen LogP contribution in [0, 0.1) is 13.8 Å². The summed E-state index contributed by atoms with van der Waals surface area (Å²) in [5.41, 5.74) is 0.391. The summed E-state index contributed by atoms with van der Waals surface area (Å²) in [4.78, 5) is 30.9. The number of aryl methyl sites for hydroxylation is 1. The van der Waals surface area contributed by atoms with Crippen LogP contribution in [0.2, 0.25) is 0 Å². The van der Waals surface area contributed by atoms with Crippen LogP contribution in [0.15, 0.2) is 9.82 Å². The minimum atomic E-state index is -0.158. The first-order valence-electron chi connectivity index (χ1n) is 7.06. The molecule has 1 aliphatic rings. The first-order valence-corrected chi connectivity index (χ1v) is 8.38. The molecule has 116 valence electrons. The molecule has 1 atom stereocenters. The molecule has 0 radical (unpaired) electrons. The second-order valence-electron chi connectivity index (χ2n) is 5.23. The summed E-state index contributed by atoms with van der Waals surface area (Å²) in [7, 11) is 0. The molecule has 0 aliphatic carbocycles. The van der Waals surface area contributed by atoms with Crippen molar-refractivity contribution >= 4 is 29.3 Å². The number of nitrogens with zero attached hydrogens (tertiary/aromatic N) is 3. The Morgan fingerprint density at radius 3 is 2.57 bits per heavy atom. The van der Waals surface area contributed by atoms with E-state index in [0.717, 1.165) is 25.9 Å². The van der Waals surface area contributed by atoms with Gasteiger partial charge in [-0.1, -0.05) is 11.8 Å². The quantitative estimate of drug-likeness (QED) is 0.482. The fourth-order valence-electron chi connectivity index (χ4n) is 2.39. The molecular formula is C14H20ClN3O2S. The van der Waals surface area contributed by atoms with E-state index in [2.05, 4.69) is 4.98 Å². The maximum Gasteiger partial charge on any atom is 0.258 e. The monoisotopic (exact) mass is 329 g/mol. The number of rotatable bonds is 4. The lowest BCUT2D eigenvalue weighted by Gasteiger charge is -2.18. The Morgan fingerprint density at radius 1 is 1.38 bits per heavy atom. The Bertz CT molecular complexity index is 595. The van der Waals surface area contributed by atoms with Crippen molar-refractivity contribution in [2.24, 2.45) is 0 Å². The van der Waals surface area contributed by atoms with E-state index in [1.54, 1.807) is 13.8 Å². The minimum Gasteiger partial charge on any atom is -0.341 e. The number of halogens is 1. The lowest BCUT2D eigenvalue weighted by molar-refractivity contribution is -0.130. The standard InChI is InChI=1S/C14H20ClN3O2S/c1-9-13(21-10(2)15)16-11(3)18(14(9)20)8-12(19)17-6-4-5-7-17/h10H,4-8H2,1-3H3. The molecular weight excluding hydrogens is 310 g/mol. The number of hydrogen-bond donors (Lipinski definition) is 0. The zero-order valence-corrected chi connectivity index (χ0v) is 14.1. The van der Waals surface area contributed by atoms with Gasteiger partial charge in [0, 0.05) is 18.7 Å². The summed E-state index contributed by atoms with van der Waals surface area (Å²) in [6.45, 7) is 6.97. The first kappa shape index (κ1) is 16.4. The molecule has 7 heteroatoms. The number of alkyl halides is 1. The highest BCUT2D eigenvalue weighted by molar-refractivity contribution is 8.01.